The highest BCUT2D eigenvalue weighted by molar-refractivity contribution is 9.09. The Balaban J connectivity index is 3.07. The van der Waals surface area contributed by atoms with Crippen LogP contribution >= 0.6 is 27.5 Å². The fourth-order valence-corrected chi connectivity index (χ4v) is 2.08. The predicted molar refractivity (Wildman–Crippen MR) is 63.5 cm³/mol. The summed E-state index contributed by atoms with van der Waals surface area (Å²) in [5, 5.41) is 0.696. The molecule has 0 bridgehead atoms. The van der Waals surface area contributed by atoms with Gasteiger partial charge in [0, 0.05) is 23.2 Å². The second kappa shape index (κ2) is 5.52. The Bertz CT molecular complexity index is 336. The third kappa shape index (κ3) is 2.58. The highest BCUT2D eigenvalue weighted by Crippen LogP contribution is 2.18. The number of carbonyl (C=O) groups is 1. The summed E-state index contributed by atoms with van der Waals surface area (Å²) in [6.45, 7) is 1.97. The van der Waals surface area contributed by atoms with E-state index in [1.165, 1.54) is 0 Å². The van der Waals surface area contributed by atoms with Crippen molar-refractivity contribution in [3.05, 3.63) is 34.9 Å². The Morgan fingerprint density at radius 2 is 2.21 bits per heavy atom. The molecule has 0 N–H and O–H groups in total. The highest BCUT2D eigenvalue weighted by Gasteiger charge is 2.11. The third-order valence-electron chi connectivity index (χ3n) is 2.17. The van der Waals surface area contributed by atoms with E-state index < -0.39 is 0 Å². The highest BCUT2D eigenvalue weighted by atomic mass is 79.9. The van der Waals surface area contributed by atoms with Gasteiger partial charge in [0.2, 0.25) is 0 Å². The van der Waals surface area contributed by atoms with Gasteiger partial charge in [-0.05, 0) is 18.1 Å². The van der Waals surface area contributed by atoms with Gasteiger partial charge < -0.3 is 0 Å². The number of carbonyl (C=O) groups excluding carboxylic acids is 1. The van der Waals surface area contributed by atoms with E-state index in [-0.39, 0.29) is 5.78 Å². The van der Waals surface area contributed by atoms with Gasteiger partial charge in [-0.2, -0.15) is 0 Å². The van der Waals surface area contributed by atoms with Crippen molar-refractivity contribution in [3.63, 3.8) is 0 Å². The van der Waals surface area contributed by atoms with E-state index in [2.05, 4.69) is 15.9 Å². The summed E-state index contributed by atoms with van der Waals surface area (Å²) < 4.78 is 0. The first-order valence-electron chi connectivity index (χ1n) is 4.44. The number of hydrogen-bond donors (Lipinski definition) is 0. The van der Waals surface area contributed by atoms with Crippen molar-refractivity contribution in [3.8, 4) is 0 Å². The van der Waals surface area contributed by atoms with Gasteiger partial charge in [-0.3, -0.25) is 4.79 Å². The lowest BCUT2D eigenvalue weighted by Crippen LogP contribution is -2.04. The van der Waals surface area contributed by atoms with Crippen LogP contribution in [-0.2, 0) is 5.88 Å². The van der Waals surface area contributed by atoms with Gasteiger partial charge in [0.1, 0.15) is 0 Å². The monoisotopic (exact) mass is 274 g/mol. The molecule has 0 fully saturated rings. The predicted octanol–water partition coefficient (Wildman–Crippen LogP) is 3.70. The molecule has 0 radical (unpaired) electrons. The van der Waals surface area contributed by atoms with Crippen LogP contribution in [0.2, 0.25) is 0 Å². The van der Waals surface area contributed by atoms with E-state index in [0.29, 0.717) is 17.6 Å². The molecule has 0 aliphatic carbocycles. The van der Waals surface area contributed by atoms with Gasteiger partial charge in [-0.1, -0.05) is 34.1 Å². The van der Waals surface area contributed by atoms with Crippen molar-refractivity contribution < 1.29 is 4.79 Å². The molecule has 0 aliphatic heterocycles. The first-order valence-corrected chi connectivity index (χ1v) is 6.10. The van der Waals surface area contributed by atoms with E-state index in [1.54, 1.807) is 0 Å². The number of halogens is 2. The summed E-state index contributed by atoms with van der Waals surface area (Å²) in [5.74, 6) is 0.553. The number of rotatable bonds is 4. The molecule has 3 heteroatoms. The van der Waals surface area contributed by atoms with Gasteiger partial charge in [0.25, 0.3) is 0 Å². The number of alkyl halides is 2. The lowest BCUT2D eigenvalue weighted by atomic mass is 9.99. The molecule has 0 atom stereocenters. The zero-order chi connectivity index (χ0) is 10.6. The van der Waals surface area contributed by atoms with Crippen LogP contribution in [0.4, 0.5) is 0 Å². The van der Waals surface area contributed by atoms with Gasteiger partial charge in [0.15, 0.2) is 5.78 Å². The summed E-state index contributed by atoms with van der Waals surface area (Å²) >= 11 is 9.08. The molecule has 1 nitrogen and oxygen atoms in total. The largest absolute Gasteiger partial charge is 0.294 e. The summed E-state index contributed by atoms with van der Waals surface area (Å²) in [5.41, 5.74) is 2.81. The van der Waals surface area contributed by atoms with E-state index in [9.17, 15) is 4.79 Å². The van der Waals surface area contributed by atoms with Crippen LogP contribution in [0.3, 0.4) is 0 Å². The van der Waals surface area contributed by atoms with Crippen LogP contribution in [0, 0.1) is 6.92 Å². The maximum absolute atomic E-state index is 11.7. The number of Topliss-reactive ketones (excluding diaryl/α,β-unsaturated/α-hetero) is 1. The molecule has 1 aromatic carbocycles. The summed E-state index contributed by atoms with van der Waals surface area (Å²) in [6.07, 6.45) is 0.521. The van der Waals surface area contributed by atoms with Crippen LogP contribution in [0.1, 0.15) is 27.9 Å². The Labute approximate surface area is 97.6 Å². The molecule has 1 rings (SSSR count). The van der Waals surface area contributed by atoms with E-state index in [1.807, 2.05) is 25.1 Å². The van der Waals surface area contributed by atoms with E-state index in [0.717, 1.165) is 16.7 Å². The zero-order valence-electron chi connectivity index (χ0n) is 8.02. The first kappa shape index (κ1) is 11.7. The molecular formula is C11H12BrClO. The maximum Gasteiger partial charge on any atom is 0.164 e. The van der Waals surface area contributed by atoms with Gasteiger partial charge in [-0.25, -0.2) is 0 Å². The van der Waals surface area contributed by atoms with Gasteiger partial charge in [0.05, 0.1) is 0 Å². The Morgan fingerprint density at radius 1 is 1.50 bits per heavy atom. The van der Waals surface area contributed by atoms with Crippen LogP contribution in [0.5, 0.6) is 0 Å². The quantitative estimate of drug-likeness (QED) is 0.605. The second-order valence-electron chi connectivity index (χ2n) is 3.10. The minimum absolute atomic E-state index is 0.154. The second-order valence-corrected chi connectivity index (χ2v) is 4.16. The minimum Gasteiger partial charge on any atom is -0.294 e. The smallest absolute Gasteiger partial charge is 0.164 e. The lowest BCUT2D eigenvalue weighted by Gasteiger charge is -2.08. The van der Waals surface area contributed by atoms with Gasteiger partial charge >= 0.3 is 0 Å². The summed E-state index contributed by atoms with van der Waals surface area (Å²) in [7, 11) is 0. The molecule has 0 unspecified atom stereocenters. The average molecular weight is 276 g/mol. The molecule has 0 saturated carbocycles. The lowest BCUT2D eigenvalue weighted by molar-refractivity contribution is 0.0989. The van der Waals surface area contributed by atoms with Crippen molar-refractivity contribution in [2.75, 3.05) is 5.33 Å². The SMILES string of the molecule is Cc1cccc(C(=O)CCBr)c1CCl. The standard InChI is InChI=1S/C11H12BrClO/c1-8-3-2-4-9(10(8)7-13)11(14)5-6-12/h2-4H,5-7H2,1H3. The normalized spacial score (nSPS) is 10.2. The molecule has 0 amide bonds. The van der Waals surface area contributed by atoms with Crippen LogP contribution in [-0.4, -0.2) is 11.1 Å². The molecule has 0 aromatic heterocycles. The molecule has 0 spiro atoms. The molecule has 14 heavy (non-hydrogen) atoms. The Hall–Kier alpha value is -0.340. The van der Waals surface area contributed by atoms with Crippen molar-refractivity contribution in [1.82, 2.24) is 0 Å². The number of benzene rings is 1. The van der Waals surface area contributed by atoms with Crippen molar-refractivity contribution >= 4 is 33.3 Å². The minimum atomic E-state index is 0.154. The van der Waals surface area contributed by atoms with Crippen LogP contribution in [0.15, 0.2) is 18.2 Å². The maximum atomic E-state index is 11.7. The molecule has 76 valence electrons. The average Bonchev–Trinajstić information content (AvgIpc) is 2.17. The summed E-state index contributed by atoms with van der Waals surface area (Å²) in [6, 6.07) is 5.71. The molecule has 0 heterocycles. The van der Waals surface area contributed by atoms with E-state index in [4.69, 9.17) is 11.6 Å². The fraction of sp³-hybridized carbons (Fsp3) is 0.364. The summed E-state index contributed by atoms with van der Waals surface area (Å²) in [4.78, 5) is 11.7. The number of aryl methyl sites for hydroxylation is 1. The Kier molecular flexibility index (Phi) is 4.63. The van der Waals surface area contributed by atoms with E-state index >= 15 is 0 Å². The number of hydrogen-bond acceptors (Lipinski definition) is 1. The molecular weight excluding hydrogens is 263 g/mol. The van der Waals surface area contributed by atoms with Gasteiger partial charge in [-0.15, -0.1) is 11.6 Å². The van der Waals surface area contributed by atoms with Crippen LogP contribution < -0.4 is 0 Å². The fourth-order valence-electron chi connectivity index (χ4n) is 1.36. The molecule has 0 aliphatic rings. The van der Waals surface area contributed by atoms with Crippen molar-refractivity contribution in [1.29, 1.82) is 0 Å². The molecule has 1 aromatic rings. The third-order valence-corrected chi connectivity index (χ3v) is 2.83. The topological polar surface area (TPSA) is 17.1 Å². The number of ketones is 1. The molecule has 0 saturated heterocycles. The zero-order valence-corrected chi connectivity index (χ0v) is 10.4. The first-order chi connectivity index (χ1) is 6.70. The van der Waals surface area contributed by atoms with Crippen LogP contribution in [0.25, 0.3) is 0 Å². The van der Waals surface area contributed by atoms with Crippen molar-refractivity contribution in [2.24, 2.45) is 0 Å². The Morgan fingerprint density at radius 3 is 2.79 bits per heavy atom. The van der Waals surface area contributed by atoms with Crippen molar-refractivity contribution in [2.45, 2.75) is 19.2 Å².